The van der Waals surface area contributed by atoms with Crippen molar-refractivity contribution in [1.82, 2.24) is 5.43 Å². The highest BCUT2D eigenvalue weighted by Gasteiger charge is 2.27. The van der Waals surface area contributed by atoms with Gasteiger partial charge in [0.2, 0.25) is 0 Å². The average molecular weight is 518 g/mol. The maximum absolute atomic E-state index is 13.3. The zero-order valence-corrected chi connectivity index (χ0v) is 20.4. The Kier molecular flexibility index (Phi) is 7.52. The Morgan fingerprint density at radius 3 is 2.38 bits per heavy atom. The van der Waals surface area contributed by atoms with Crippen LogP contribution >= 0.6 is 15.9 Å². The lowest BCUT2D eigenvalue weighted by atomic mass is 10.0. The van der Waals surface area contributed by atoms with Crippen molar-refractivity contribution in [3.63, 3.8) is 0 Å². The van der Waals surface area contributed by atoms with Crippen LogP contribution in [0.5, 0.6) is 0 Å². The third kappa shape index (κ3) is 5.66. The summed E-state index contributed by atoms with van der Waals surface area (Å²) in [6.07, 6.45) is 1.35. The second-order valence-electron chi connectivity index (χ2n) is 7.42. The molecule has 1 N–H and O–H groups in total. The number of anilines is 1. The van der Waals surface area contributed by atoms with Gasteiger partial charge in [0.05, 0.1) is 21.3 Å². The predicted octanol–water partition coefficient (Wildman–Crippen LogP) is 4.82. The van der Waals surface area contributed by atoms with E-state index in [4.69, 9.17) is 4.42 Å². The monoisotopic (exact) mass is 517 g/mol. The second kappa shape index (κ2) is 10.1. The smallest absolute Gasteiger partial charge is 0.264 e. The molecule has 0 unspecified atom stereocenters. The van der Waals surface area contributed by atoms with E-state index in [-0.39, 0.29) is 4.90 Å². The molecule has 1 amide bonds. The van der Waals surface area contributed by atoms with Crippen molar-refractivity contribution in [2.45, 2.75) is 31.6 Å². The number of hydrazone groups is 1. The molecule has 0 fully saturated rings. The molecule has 0 atom stereocenters. The lowest BCUT2D eigenvalue weighted by Crippen LogP contribution is -2.39. The minimum absolute atomic E-state index is 0.0974. The zero-order valence-electron chi connectivity index (χ0n) is 17.9. The third-order valence-electron chi connectivity index (χ3n) is 4.72. The SMILES string of the molecule is Cc1oc(/C=N\NC(=O)CN(c2ccc(C(C)C)cc2)S(=O)(=O)c2ccccc2)cc1Br. The first-order valence-electron chi connectivity index (χ1n) is 9.94. The number of hydrogen-bond acceptors (Lipinski definition) is 5. The second-order valence-corrected chi connectivity index (χ2v) is 10.1. The van der Waals surface area contributed by atoms with Crippen LogP contribution in [0.1, 0.15) is 36.8 Å². The van der Waals surface area contributed by atoms with Gasteiger partial charge in [-0.2, -0.15) is 5.10 Å². The summed E-state index contributed by atoms with van der Waals surface area (Å²) in [5.41, 5.74) is 3.82. The molecule has 1 heterocycles. The molecular weight excluding hydrogens is 494 g/mol. The largest absolute Gasteiger partial charge is 0.459 e. The normalized spacial score (nSPS) is 11.8. The zero-order chi connectivity index (χ0) is 23.3. The Hall–Kier alpha value is -2.91. The molecule has 32 heavy (non-hydrogen) atoms. The van der Waals surface area contributed by atoms with Gasteiger partial charge in [-0.1, -0.05) is 44.2 Å². The molecule has 0 saturated heterocycles. The van der Waals surface area contributed by atoms with Crippen LogP contribution in [-0.2, 0) is 14.8 Å². The first kappa shape index (κ1) is 23.7. The Morgan fingerprint density at radius 2 is 1.81 bits per heavy atom. The Labute approximate surface area is 196 Å². The van der Waals surface area contributed by atoms with E-state index in [1.54, 1.807) is 43.3 Å². The minimum Gasteiger partial charge on any atom is -0.459 e. The van der Waals surface area contributed by atoms with Crippen LogP contribution in [0.2, 0.25) is 0 Å². The van der Waals surface area contributed by atoms with E-state index < -0.39 is 22.5 Å². The van der Waals surface area contributed by atoms with Crippen molar-refractivity contribution < 1.29 is 17.6 Å². The summed E-state index contributed by atoms with van der Waals surface area (Å²) in [4.78, 5) is 12.7. The van der Waals surface area contributed by atoms with Crippen LogP contribution in [0, 0.1) is 6.92 Å². The van der Waals surface area contributed by atoms with Crippen molar-refractivity contribution in [1.29, 1.82) is 0 Å². The van der Waals surface area contributed by atoms with Gasteiger partial charge in [0.15, 0.2) is 0 Å². The molecule has 0 bridgehead atoms. The van der Waals surface area contributed by atoms with Gasteiger partial charge in [-0.25, -0.2) is 13.8 Å². The number of hydrogen-bond donors (Lipinski definition) is 1. The number of furan rings is 1. The van der Waals surface area contributed by atoms with Gasteiger partial charge in [-0.15, -0.1) is 0 Å². The van der Waals surface area contributed by atoms with Crippen LogP contribution < -0.4 is 9.73 Å². The fourth-order valence-electron chi connectivity index (χ4n) is 2.94. The number of nitrogens with one attached hydrogen (secondary N) is 1. The first-order chi connectivity index (χ1) is 15.2. The van der Waals surface area contributed by atoms with Crippen molar-refractivity contribution in [2.75, 3.05) is 10.8 Å². The number of rotatable bonds is 8. The fourth-order valence-corrected chi connectivity index (χ4v) is 4.69. The molecule has 0 saturated carbocycles. The van der Waals surface area contributed by atoms with E-state index in [1.165, 1.54) is 18.3 Å². The summed E-state index contributed by atoms with van der Waals surface area (Å²) in [5.74, 6) is 0.845. The Bertz CT molecular complexity index is 1180. The van der Waals surface area contributed by atoms with Gasteiger partial charge < -0.3 is 4.42 Å². The number of carbonyl (C=O) groups excluding carboxylic acids is 1. The summed E-state index contributed by atoms with van der Waals surface area (Å²) in [6.45, 7) is 5.46. The molecule has 0 radical (unpaired) electrons. The van der Waals surface area contributed by atoms with Crippen molar-refractivity contribution in [2.24, 2.45) is 5.10 Å². The highest BCUT2D eigenvalue weighted by atomic mass is 79.9. The molecule has 3 rings (SSSR count). The quantitative estimate of drug-likeness (QED) is 0.342. The number of halogens is 1. The summed E-state index contributed by atoms with van der Waals surface area (Å²) >= 11 is 3.34. The van der Waals surface area contributed by atoms with Gasteiger partial charge in [0.1, 0.15) is 18.1 Å². The molecule has 0 aliphatic rings. The molecule has 9 heteroatoms. The summed E-state index contributed by atoms with van der Waals surface area (Å²) < 4.78 is 33.9. The summed E-state index contributed by atoms with van der Waals surface area (Å²) in [7, 11) is -3.97. The molecule has 0 spiro atoms. The molecule has 2 aromatic carbocycles. The maximum Gasteiger partial charge on any atom is 0.264 e. The maximum atomic E-state index is 13.3. The van der Waals surface area contributed by atoms with E-state index in [1.807, 2.05) is 12.1 Å². The fraction of sp³-hybridized carbons (Fsp3) is 0.217. The third-order valence-corrected chi connectivity index (χ3v) is 7.30. The molecule has 0 aliphatic carbocycles. The van der Waals surface area contributed by atoms with Gasteiger partial charge in [0, 0.05) is 6.07 Å². The van der Waals surface area contributed by atoms with Gasteiger partial charge in [0.25, 0.3) is 15.9 Å². The van der Waals surface area contributed by atoms with Crippen LogP contribution in [0.4, 0.5) is 5.69 Å². The number of carbonyl (C=O) groups is 1. The standard InChI is InChI=1S/C23H24BrN3O4S/c1-16(2)18-9-11-19(12-10-18)27(32(29,30)21-7-5-4-6-8-21)15-23(28)26-25-14-20-13-22(24)17(3)31-20/h4-14,16H,15H2,1-3H3,(H,26,28)/b25-14-. The molecule has 1 aromatic heterocycles. The van der Waals surface area contributed by atoms with Crippen LogP contribution in [0.3, 0.4) is 0 Å². The number of aryl methyl sites for hydroxylation is 1. The van der Waals surface area contributed by atoms with E-state index in [0.29, 0.717) is 23.1 Å². The molecule has 7 nitrogen and oxygen atoms in total. The summed E-state index contributed by atoms with van der Waals surface area (Å²) in [6, 6.07) is 16.9. The van der Waals surface area contributed by atoms with Crippen molar-refractivity contribution in [3.05, 3.63) is 82.2 Å². The molecular formula is C23H24BrN3O4S. The van der Waals surface area contributed by atoms with E-state index >= 15 is 0 Å². The van der Waals surface area contributed by atoms with Crippen LogP contribution in [0.15, 0.2) is 79.6 Å². The van der Waals surface area contributed by atoms with E-state index in [9.17, 15) is 13.2 Å². The lowest BCUT2D eigenvalue weighted by Gasteiger charge is -2.24. The van der Waals surface area contributed by atoms with Crippen LogP contribution in [0.25, 0.3) is 0 Å². The number of nitrogens with zero attached hydrogens (tertiary/aromatic N) is 2. The minimum atomic E-state index is -3.97. The van der Waals surface area contributed by atoms with E-state index in [0.717, 1.165) is 14.3 Å². The molecule has 0 aliphatic heterocycles. The van der Waals surface area contributed by atoms with Gasteiger partial charge >= 0.3 is 0 Å². The van der Waals surface area contributed by atoms with E-state index in [2.05, 4.69) is 40.3 Å². The Morgan fingerprint density at radius 1 is 1.16 bits per heavy atom. The van der Waals surface area contributed by atoms with Gasteiger partial charge in [-0.05, 0) is 58.6 Å². The molecule has 168 valence electrons. The highest BCUT2D eigenvalue weighted by Crippen LogP contribution is 2.25. The Balaban J connectivity index is 1.84. The lowest BCUT2D eigenvalue weighted by molar-refractivity contribution is -0.119. The highest BCUT2D eigenvalue weighted by molar-refractivity contribution is 9.10. The van der Waals surface area contributed by atoms with Crippen molar-refractivity contribution in [3.8, 4) is 0 Å². The molecule has 3 aromatic rings. The predicted molar refractivity (Wildman–Crippen MR) is 128 cm³/mol. The topological polar surface area (TPSA) is 92.0 Å². The average Bonchev–Trinajstić information content (AvgIpc) is 3.09. The van der Waals surface area contributed by atoms with Crippen molar-refractivity contribution >= 4 is 43.8 Å². The van der Waals surface area contributed by atoms with Gasteiger partial charge in [-0.3, -0.25) is 9.10 Å². The van der Waals surface area contributed by atoms with Crippen LogP contribution in [-0.4, -0.2) is 27.1 Å². The number of benzene rings is 2. The number of sulfonamides is 1. The first-order valence-corrected chi connectivity index (χ1v) is 12.2. The number of amides is 1. The summed E-state index contributed by atoms with van der Waals surface area (Å²) in [5, 5.41) is 3.87.